The molecular weight excluding hydrogens is 424 g/mol. The molecule has 0 amide bonds. The van der Waals surface area contributed by atoms with E-state index >= 15 is 0 Å². The van der Waals surface area contributed by atoms with Crippen LogP contribution < -0.4 is 9.47 Å². The third-order valence-electron chi connectivity index (χ3n) is 4.98. The van der Waals surface area contributed by atoms with E-state index in [1.54, 1.807) is 12.1 Å². The Morgan fingerprint density at radius 3 is 2.34 bits per heavy atom. The molecule has 0 aliphatic carbocycles. The summed E-state index contributed by atoms with van der Waals surface area (Å²) in [4.78, 5) is 12.5. The van der Waals surface area contributed by atoms with Crippen molar-refractivity contribution in [3.8, 4) is 23.0 Å². The van der Waals surface area contributed by atoms with E-state index in [-0.39, 0.29) is 22.8 Å². The lowest BCUT2D eigenvalue weighted by Crippen LogP contribution is -2.60. The van der Waals surface area contributed by atoms with E-state index in [0.717, 1.165) is 0 Å². The normalized spacial score (nSPS) is 25.6. The van der Waals surface area contributed by atoms with Gasteiger partial charge in [-0.3, -0.25) is 4.79 Å². The van der Waals surface area contributed by atoms with Crippen LogP contribution in [0.5, 0.6) is 23.0 Å². The lowest BCUT2D eigenvalue weighted by molar-refractivity contribution is -0.277. The molecule has 0 spiro atoms. The number of methoxy groups -OCH3 is 1. The minimum absolute atomic E-state index is 0.0852. The highest BCUT2D eigenvalue weighted by atomic mass is 16.7. The van der Waals surface area contributed by atoms with Crippen molar-refractivity contribution < 1.29 is 49.6 Å². The number of rotatable bonds is 7. The van der Waals surface area contributed by atoms with Crippen LogP contribution in [0.4, 0.5) is 0 Å². The van der Waals surface area contributed by atoms with E-state index in [9.17, 15) is 35.4 Å². The van der Waals surface area contributed by atoms with Gasteiger partial charge in [-0.25, -0.2) is 0 Å². The zero-order chi connectivity index (χ0) is 23.4. The van der Waals surface area contributed by atoms with E-state index < -0.39 is 48.8 Å². The van der Waals surface area contributed by atoms with Crippen LogP contribution in [0, 0.1) is 0 Å². The Kier molecular flexibility index (Phi) is 7.33. The number of ketones is 1. The molecule has 1 aliphatic rings. The third kappa shape index (κ3) is 4.85. The highest BCUT2D eigenvalue weighted by molar-refractivity contribution is 6.09. The van der Waals surface area contributed by atoms with Crippen LogP contribution in [0.3, 0.4) is 0 Å². The SMILES string of the molecule is COc1c(O[C@@H]2O[C@H](CO)[C@@H](O)[C@H](O)[C@H]2O)ccc(C(=O)/C=C/c2ccc(O)cc2)c1O. The zero-order valence-corrected chi connectivity index (χ0v) is 17.0. The summed E-state index contributed by atoms with van der Waals surface area (Å²) >= 11 is 0. The van der Waals surface area contributed by atoms with Crippen LogP contribution in [0.15, 0.2) is 42.5 Å². The molecule has 0 aromatic heterocycles. The molecule has 10 heteroatoms. The molecule has 1 fully saturated rings. The fourth-order valence-corrected chi connectivity index (χ4v) is 3.18. The molecule has 2 aromatic carbocycles. The molecule has 172 valence electrons. The molecule has 5 atom stereocenters. The molecule has 1 aliphatic heterocycles. The average Bonchev–Trinajstić information content (AvgIpc) is 2.79. The van der Waals surface area contributed by atoms with E-state index in [1.165, 1.54) is 43.5 Å². The maximum absolute atomic E-state index is 12.5. The second kappa shape index (κ2) is 9.98. The first-order valence-corrected chi connectivity index (χ1v) is 9.65. The van der Waals surface area contributed by atoms with E-state index in [1.807, 2.05) is 0 Å². The highest BCUT2D eigenvalue weighted by Gasteiger charge is 2.45. The number of carbonyl (C=O) groups is 1. The summed E-state index contributed by atoms with van der Waals surface area (Å²) in [6, 6.07) is 8.74. The number of aliphatic hydroxyl groups is 4. The Labute approximate surface area is 183 Å². The largest absolute Gasteiger partial charge is 0.508 e. The lowest BCUT2D eigenvalue weighted by atomic mass is 9.99. The molecule has 32 heavy (non-hydrogen) atoms. The molecule has 1 saturated heterocycles. The number of phenolic OH excluding ortho intramolecular Hbond substituents is 2. The third-order valence-corrected chi connectivity index (χ3v) is 4.98. The van der Waals surface area contributed by atoms with Gasteiger partial charge in [-0.2, -0.15) is 0 Å². The second-order valence-corrected chi connectivity index (χ2v) is 7.10. The monoisotopic (exact) mass is 448 g/mol. The van der Waals surface area contributed by atoms with Crippen molar-refractivity contribution in [3.63, 3.8) is 0 Å². The number of hydrogen-bond acceptors (Lipinski definition) is 10. The van der Waals surface area contributed by atoms with Crippen LogP contribution in [-0.4, -0.2) is 80.8 Å². The van der Waals surface area contributed by atoms with Gasteiger partial charge in [-0.1, -0.05) is 18.2 Å². The van der Waals surface area contributed by atoms with Crippen molar-refractivity contribution in [1.82, 2.24) is 0 Å². The molecule has 0 saturated carbocycles. The van der Waals surface area contributed by atoms with Gasteiger partial charge >= 0.3 is 0 Å². The summed E-state index contributed by atoms with van der Waals surface area (Å²) in [6.07, 6.45) is -4.78. The summed E-state index contributed by atoms with van der Waals surface area (Å²) in [5.41, 5.74) is 0.572. The Morgan fingerprint density at radius 1 is 1.03 bits per heavy atom. The van der Waals surface area contributed by atoms with Gasteiger partial charge < -0.3 is 44.8 Å². The van der Waals surface area contributed by atoms with Gasteiger partial charge in [-0.15, -0.1) is 0 Å². The first kappa shape index (κ1) is 23.5. The minimum atomic E-state index is -1.66. The first-order valence-electron chi connectivity index (χ1n) is 9.65. The van der Waals surface area contributed by atoms with Gasteiger partial charge in [0, 0.05) is 0 Å². The van der Waals surface area contributed by atoms with Gasteiger partial charge in [0.1, 0.15) is 30.2 Å². The van der Waals surface area contributed by atoms with Crippen LogP contribution in [0.25, 0.3) is 6.08 Å². The summed E-state index contributed by atoms with van der Waals surface area (Å²) in [6.45, 7) is -0.631. The molecule has 0 radical (unpaired) electrons. The summed E-state index contributed by atoms with van der Waals surface area (Å²) in [5, 5.41) is 59.0. The van der Waals surface area contributed by atoms with E-state index in [4.69, 9.17) is 14.2 Å². The number of carbonyl (C=O) groups excluding carboxylic acids is 1. The number of ether oxygens (including phenoxy) is 3. The molecule has 2 aromatic rings. The maximum atomic E-state index is 12.5. The number of aromatic hydroxyl groups is 2. The van der Waals surface area contributed by atoms with Crippen LogP contribution in [-0.2, 0) is 4.74 Å². The van der Waals surface area contributed by atoms with Gasteiger partial charge in [0.15, 0.2) is 17.3 Å². The number of hydrogen-bond donors (Lipinski definition) is 6. The molecule has 3 rings (SSSR count). The highest BCUT2D eigenvalue weighted by Crippen LogP contribution is 2.40. The van der Waals surface area contributed by atoms with Gasteiger partial charge in [0.2, 0.25) is 12.0 Å². The second-order valence-electron chi connectivity index (χ2n) is 7.10. The Hall–Kier alpha value is -3.15. The fourth-order valence-electron chi connectivity index (χ4n) is 3.18. The Bertz CT molecular complexity index is 969. The topological polar surface area (TPSA) is 166 Å². The van der Waals surface area contributed by atoms with Crippen LogP contribution >= 0.6 is 0 Å². The number of benzene rings is 2. The number of phenols is 2. The van der Waals surface area contributed by atoms with Crippen molar-refractivity contribution >= 4 is 11.9 Å². The van der Waals surface area contributed by atoms with Crippen molar-refractivity contribution in [2.24, 2.45) is 0 Å². The summed E-state index contributed by atoms with van der Waals surface area (Å²) < 4.78 is 15.9. The van der Waals surface area contributed by atoms with Crippen LogP contribution in [0.1, 0.15) is 15.9 Å². The number of aliphatic hydroxyl groups excluding tert-OH is 4. The quantitative estimate of drug-likeness (QED) is 0.254. The molecule has 1 heterocycles. The van der Waals surface area contributed by atoms with Crippen molar-refractivity contribution in [2.75, 3.05) is 13.7 Å². The molecule has 0 unspecified atom stereocenters. The average molecular weight is 448 g/mol. The van der Waals surface area contributed by atoms with E-state index in [0.29, 0.717) is 5.56 Å². The van der Waals surface area contributed by atoms with Gasteiger partial charge in [0.05, 0.1) is 19.3 Å². The van der Waals surface area contributed by atoms with Gasteiger partial charge in [-0.05, 0) is 35.9 Å². The lowest BCUT2D eigenvalue weighted by Gasteiger charge is -2.39. The Balaban J connectivity index is 1.82. The van der Waals surface area contributed by atoms with E-state index in [2.05, 4.69) is 0 Å². The maximum Gasteiger partial charge on any atom is 0.229 e. The first-order chi connectivity index (χ1) is 15.3. The Morgan fingerprint density at radius 2 is 1.72 bits per heavy atom. The fraction of sp³-hybridized carbons (Fsp3) is 0.318. The zero-order valence-electron chi connectivity index (χ0n) is 17.0. The number of allylic oxidation sites excluding steroid dienone is 1. The summed E-state index contributed by atoms with van der Waals surface area (Å²) in [5.74, 6) is -1.28. The smallest absolute Gasteiger partial charge is 0.229 e. The standard InChI is InChI=1S/C22H24O10/c1-30-21-15(31-22-20(29)19(28)18(27)16(10-23)32-22)9-7-13(17(21)26)14(25)8-4-11-2-5-12(24)6-3-11/h2-9,16,18-20,22-24,26-29H,10H2,1H3/b8-4+/t16-,18-,19+,20-,22-/m1/s1. The predicted molar refractivity (Wildman–Crippen MR) is 111 cm³/mol. The minimum Gasteiger partial charge on any atom is -0.508 e. The van der Waals surface area contributed by atoms with Crippen molar-refractivity contribution in [3.05, 3.63) is 53.6 Å². The van der Waals surface area contributed by atoms with Crippen molar-refractivity contribution in [1.29, 1.82) is 0 Å². The van der Waals surface area contributed by atoms with Gasteiger partial charge in [0.25, 0.3) is 0 Å². The molecular formula is C22H24O10. The molecule has 10 nitrogen and oxygen atoms in total. The predicted octanol–water partition coefficient (Wildman–Crippen LogP) is 0.181. The van der Waals surface area contributed by atoms with Crippen LogP contribution in [0.2, 0.25) is 0 Å². The summed E-state index contributed by atoms with van der Waals surface area (Å²) in [7, 11) is 1.23. The molecule has 6 N–H and O–H groups in total. The van der Waals surface area contributed by atoms with Crippen molar-refractivity contribution in [2.45, 2.75) is 30.7 Å². The molecule has 0 bridgehead atoms.